The van der Waals surface area contributed by atoms with E-state index in [1.807, 2.05) is 28.9 Å². The smallest absolute Gasteiger partial charge is 0.272 e. The molecule has 1 aliphatic carbocycles. The molecule has 0 bridgehead atoms. The van der Waals surface area contributed by atoms with E-state index in [1.165, 1.54) is 0 Å². The minimum atomic E-state index is -0.645. The van der Waals surface area contributed by atoms with Crippen molar-refractivity contribution in [3.63, 3.8) is 0 Å². The Morgan fingerprint density at radius 3 is 2.37 bits per heavy atom. The Morgan fingerprint density at radius 2 is 1.65 bits per heavy atom. The fourth-order valence-corrected chi connectivity index (χ4v) is 5.71. The van der Waals surface area contributed by atoms with E-state index < -0.39 is 11.7 Å². The number of hydrogen-bond donors (Lipinski definition) is 2. The zero-order valence-electron chi connectivity index (χ0n) is 23.6. The van der Waals surface area contributed by atoms with Gasteiger partial charge in [0.1, 0.15) is 29.1 Å². The van der Waals surface area contributed by atoms with Crippen molar-refractivity contribution < 1.29 is 23.5 Å². The number of aromatic nitrogens is 3. The number of amides is 2. The lowest BCUT2D eigenvalue weighted by molar-refractivity contribution is 0.0887. The van der Waals surface area contributed by atoms with Gasteiger partial charge in [-0.15, -0.1) is 0 Å². The minimum absolute atomic E-state index is 0.0000794. The molecule has 1 fully saturated rings. The molecule has 2 aliphatic rings. The summed E-state index contributed by atoms with van der Waals surface area (Å²) in [5.74, 6) is -0.854. The Labute approximate surface area is 248 Å². The molecule has 43 heavy (non-hydrogen) atoms. The van der Waals surface area contributed by atoms with E-state index in [-0.39, 0.29) is 29.4 Å². The van der Waals surface area contributed by atoms with Crippen LogP contribution in [-0.4, -0.2) is 44.9 Å². The molecule has 0 radical (unpaired) electrons. The van der Waals surface area contributed by atoms with Crippen LogP contribution in [0.1, 0.15) is 75.4 Å². The number of carbonyl (C=O) groups excluding carboxylic acids is 3. The number of fused-ring (bicyclic) bond motifs is 1. The second-order valence-electron chi connectivity index (χ2n) is 11.1. The molecule has 6 rings (SSSR count). The first-order chi connectivity index (χ1) is 20.9. The van der Waals surface area contributed by atoms with Crippen molar-refractivity contribution in [3.05, 3.63) is 95.2 Å². The Morgan fingerprint density at radius 1 is 0.907 bits per heavy atom. The van der Waals surface area contributed by atoms with E-state index in [9.17, 15) is 18.8 Å². The van der Waals surface area contributed by atoms with Gasteiger partial charge in [0.15, 0.2) is 0 Å². The molecule has 4 aromatic rings. The predicted octanol–water partition coefficient (Wildman–Crippen LogP) is 5.50. The van der Waals surface area contributed by atoms with Crippen molar-refractivity contribution >= 4 is 18.1 Å². The Balaban J connectivity index is 1.07. The summed E-state index contributed by atoms with van der Waals surface area (Å²) in [4.78, 5) is 41.1. The second-order valence-corrected chi connectivity index (χ2v) is 11.1. The van der Waals surface area contributed by atoms with Crippen molar-refractivity contribution in [3.8, 4) is 22.8 Å². The third kappa shape index (κ3) is 6.63. The number of carbonyl (C=O) groups is 3. The summed E-state index contributed by atoms with van der Waals surface area (Å²) in [5, 5.41) is 10.5. The summed E-state index contributed by atoms with van der Waals surface area (Å²) >= 11 is 0. The minimum Gasteiger partial charge on any atom is -0.438 e. The van der Waals surface area contributed by atoms with Gasteiger partial charge in [-0.3, -0.25) is 19.1 Å². The first-order valence-electron chi connectivity index (χ1n) is 14.6. The highest BCUT2D eigenvalue weighted by atomic mass is 19.1. The molecular weight excluding hydrogens is 549 g/mol. The summed E-state index contributed by atoms with van der Waals surface area (Å²) in [6.07, 6.45) is 7.69. The number of ether oxygens (including phenoxy) is 1. The van der Waals surface area contributed by atoms with Gasteiger partial charge in [0, 0.05) is 29.9 Å². The monoisotopic (exact) mass is 581 g/mol. The van der Waals surface area contributed by atoms with Crippen molar-refractivity contribution in [2.75, 3.05) is 0 Å². The average molecular weight is 582 g/mol. The van der Waals surface area contributed by atoms with Crippen LogP contribution >= 0.6 is 0 Å². The molecule has 0 atom stereocenters. The van der Waals surface area contributed by atoms with Crippen LogP contribution in [0.4, 0.5) is 4.39 Å². The second kappa shape index (κ2) is 12.6. The highest BCUT2D eigenvalue weighted by molar-refractivity contribution is 5.96. The molecule has 0 saturated heterocycles. The topological polar surface area (TPSA) is 115 Å². The molecule has 1 aliphatic heterocycles. The number of hydrogen-bond acceptors (Lipinski definition) is 6. The van der Waals surface area contributed by atoms with Crippen LogP contribution < -0.4 is 15.4 Å². The fourth-order valence-electron chi connectivity index (χ4n) is 5.71. The van der Waals surface area contributed by atoms with Crippen LogP contribution in [0, 0.1) is 5.82 Å². The molecule has 1 saturated carbocycles. The van der Waals surface area contributed by atoms with Crippen LogP contribution in [0.3, 0.4) is 0 Å². The van der Waals surface area contributed by atoms with E-state index in [2.05, 4.69) is 20.7 Å². The Bertz CT molecular complexity index is 1620. The molecule has 2 N–H and O–H groups in total. The summed E-state index contributed by atoms with van der Waals surface area (Å²) in [6, 6.07) is 17.2. The maximum absolute atomic E-state index is 14.2. The van der Waals surface area contributed by atoms with Crippen molar-refractivity contribution in [1.82, 2.24) is 25.4 Å². The van der Waals surface area contributed by atoms with Gasteiger partial charge in [-0.05, 0) is 80.3 Å². The zero-order chi connectivity index (χ0) is 29.8. The first kappa shape index (κ1) is 28.3. The third-order valence-electron chi connectivity index (χ3n) is 8.04. The first-order valence-corrected chi connectivity index (χ1v) is 14.6. The molecule has 2 aromatic heterocycles. The summed E-state index contributed by atoms with van der Waals surface area (Å²) in [6.45, 7) is 0.852. The number of aldehydes is 1. The average Bonchev–Trinajstić information content (AvgIpc) is 3.48. The SMILES string of the molecule is O=Cc1ccc(-c2cccc(Oc3ncc(F)cc3C(=O)NC3CCC(NC(=O)c4cc5n(n4)CCCC5)CC3)c2)cc1. The molecular formula is C33H32FN5O4. The number of rotatable bonds is 8. The number of benzene rings is 2. The quantitative estimate of drug-likeness (QED) is 0.266. The Hall–Kier alpha value is -4.86. The lowest BCUT2D eigenvalue weighted by Crippen LogP contribution is -2.44. The number of nitrogens with one attached hydrogen (secondary N) is 2. The van der Waals surface area contributed by atoms with Crippen LogP contribution in [0.25, 0.3) is 11.1 Å². The molecule has 9 nitrogen and oxygen atoms in total. The maximum Gasteiger partial charge on any atom is 0.272 e. The van der Waals surface area contributed by atoms with E-state index in [0.29, 0.717) is 42.7 Å². The fraction of sp³-hybridized carbons (Fsp3) is 0.303. The van der Waals surface area contributed by atoms with Gasteiger partial charge < -0.3 is 15.4 Å². The largest absolute Gasteiger partial charge is 0.438 e. The molecule has 2 amide bonds. The van der Waals surface area contributed by atoms with Crippen molar-refractivity contribution in [1.29, 1.82) is 0 Å². The van der Waals surface area contributed by atoms with Gasteiger partial charge in [-0.25, -0.2) is 9.37 Å². The molecule has 0 unspecified atom stereocenters. The maximum atomic E-state index is 14.2. The zero-order valence-corrected chi connectivity index (χ0v) is 23.6. The highest BCUT2D eigenvalue weighted by Gasteiger charge is 2.27. The van der Waals surface area contributed by atoms with Gasteiger partial charge in [0.2, 0.25) is 5.88 Å². The van der Waals surface area contributed by atoms with Crippen LogP contribution in [-0.2, 0) is 13.0 Å². The molecule has 0 spiro atoms. The van der Waals surface area contributed by atoms with Crippen molar-refractivity contribution in [2.45, 2.75) is 63.6 Å². The Kier molecular flexibility index (Phi) is 8.26. The summed E-state index contributed by atoms with van der Waals surface area (Å²) in [7, 11) is 0. The van der Waals surface area contributed by atoms with Gasteiger partial charge in [0.25, 0.3) is 11.8 Å². The van der Waals surface area contributed by atoms with Gasteiger partial charge >= 0.3 is 0 Å². The summed E-state index contributed by atoms with van der Waals surface area (Å²) < 4.78 is 22.1. The van der Waals surface area contributed by atoms with Crippen molar-refractivity contribution in [2.24, 2.45) is 0 Å². The summed E-state index contributed by atoms with van der Waals surface area (Å²) in [5.41, 5.74) is 3.88. The van der Waals surface area contributed by atoms with Crippen LogP contribution in [0.15, 0.2) is 66.9 Å². The van der Waals surface area contributed by atoms with E-state index in [1.54, 1.807) is 30.3 Å². The number of nitrogens with zero attached hydrogens (tertiary/aromatic N) is 3. The highest BCUT2D eigenvalue weighted by Crippen LogP contribution is 2.29. The van der Waals surface area contributed by atoms with E-state index >= 15 is 0 Å². The van der Waals surface area contributed by atoms with Gasteiger partial charge in [-0.2, -0.15) is 5.10 Å². The molecule has 2 aromatic carbocycles. The van der Waals surface area contributed by atoms with Crippen LogP contribution in [0.5, 0.6) is 11.6 Å². The number of aryl methyl sites for hydroxylation is 2. The standard InChI is InChI=1S/C33H32FN5O4/c34-24-17-29(33(35-19-24)43-28-6-3-4-23(16-28)22-9-7-21(20-40)8-10-22)31(41)36-25-11-13-26(14-12-25)37-32(42)30-18-27-5-1-2-15-39(27)38-30/h3-4,6-10,16-20,25-26H,1-2,5,11-15H2,(H,36,41)(H,37,42). The predicted molar refractivity (Wildman–Crippen MR) is 158 cm³/mol. The molecule has 3 heterocycles. The number of pyridine rings is 1. The normalized spacial score (nSPS) is 17.9. The molecule has 10 heteroatoms. The number of halogens is 1. The van der Waals surface area contributed by atoms with Gasteiger partial charge in [0.05, 0.1) is 6.20 Å². The molecule has 220 valence electrons. The van der Waals surface area contributed by atoms with Gasteiger partial charge in [-0.1, -0.05) is 36.4 Å². The third-order valence-corrected chi connectivity index (χ3v) is 8.04. The van der Waals surface area contributed by atoms with E-state index in [4.69, 9.17) is 4.74 Å². The van der Waals surface area contributed by atoms with Crippen LogP contribution in [0.2, 0.25) is 0 Å². The lowest BCUT2D eigenvalue weighted by atomic mass is 9.91. The lowest BCUT2D eigenvalue weighted by Gasteiger charge is -2.29. The van der Waals surface area contributed by atoms with E-state index in [0.717, 1.165) is 61.2 Å².